The van der Waals surface area contributed by atoms with E-state index in [4.69, 9.17) is 5.73 Å². The average Bonchev–Trinajstić information content (AvgIpc) is 2.36. The first-order chi connectivity index (χ1) is 9.73. The molecule has 0 unspecified atom stereocenters. The number of rotatable bonds is 3. The Morgan fingerprint density at radius 2 is 1.71 bits per heavy atom. The lowest BCUT2D eigenvalue weighted by Crippen LogP contribution is -2.27. The first kappa shape index (κ1) is 16.3. The maximum atomic E-state index is 13.3. The molecule has 0 amide bonds. The van der Waals surface area contributed by atoms with Crippen LogP contribution in [-0.2, 0) is 10.0 Å². The maximum Gasteiger partial charge on any atom is 0.266 e. The second-order valence-electron chi connectivity index (χ2n) is 4.27. The van der Waals surface area contributed by atoms with E-state index < -0.39 is 15.8 Å². The van der Waals surface area contributed by atoms with Crippen LogP contribution in [0.5, 0.6) is 0 Å². The highest BCUT2D eigenvalue weighted by Crippen LogP contribution is 2.35. The van der Waals surface area contributed by atoms with Crippen molar-refractivity contribution in [3.63, 3.8) is 0 Å². The molecule has 21 heavy (non-hydrogen) atoms. The van der Waals surface area contributed by atoms with Crippen LogP contribution in [-0.4, -0.2) is 15.5 Å². The molecule has 0 saturated carbocycles. The number of nitrogens with zero attached hydrogens (tertiary/aromatic N) is 1. The normalized spacial score (nSPS) is 11.4. The number of anilines is 2. The molecule has 0 radical (unpaired) electrons. The molecule has 0 atom stereocenters. The molecule has 8 heteroatoms. The van der Waals surface area contributed by atoms with Gasteiger partial charge in [0.1, 0.15) is 10.7 Å². The van der Waals surface area contributed by atoms with Gasteiger partial charge in [-0.2, -0.15) is 0 Å². The molecule has 0 aromatic heterocycles. The van der Waals surface area contributed by atoms with Gasteiger partial charge >= 0.3 is 0 Å². The molecule has 0 spiro atoms. The standard InChI is InChI=1S/C13H11Br2FN2O2S/c1-18(10-4-2-3-8(16)5-10)21(19,20)13-11(14)6-9(17)7-12(13)15/h2-7H,17H2,1H3. The maximum absolute atomic E-state index is 13.3. The molecule has 2 N–H and O–H groups in total. The Kier molecular flexibility index (Phi) is 4.60. The molecular formula is C13H11Br2FN2O2S. The fourth-order valence-electron chi connectivity index (χ4n) is 1.77. The van der Waals surface area contributed by atoms with Gasteiger partial charge in [-0.25, -0.2) is 12.8 Å². The number of benzene rings is 2. The zero-order valence-corrected chi connectivity index (χ0v) is 14.8. The fourth-order valence-corrected chi connectivity index (χ4v) is 5.50. The van der Waals surface area contributed by atoms with E-state index in [0.717, 1.165) is 10.4 Å². The topological polar surface area (TPSA) is 63.4 Å². The van der Waals surface area contributed by atoms with Crippen molar-refractivity contribution in [1.29, 1.82) is 0 Å². The minimum absolute atomic E-state index is 0.0310. The van der Waals surface area contributed by atoms with Crippen molar-refractivity contribution in [2.24, 2.45) is 0 Å². The number of hydrogen-bond acceptors (Lipinski definition) is 3. The summed E-state index contributed by atoms with van der Waals surface area (Å²) in [4.78, 5) is 0.0310. The van der Waals surface area contributed by atoms with Crippen molar-refractivity contribution in [3.05, 3.63) is 51.2 Å². The largest absolute Gasteiger partial charge is 0.399 e. The Morgan fingerprint density at radius 1 is 1.14 bits per heavy atom. The quantitative estimate of drug-likeness (QED) is 0.743. The van der Waals surface area contributed by atoms with Gasteiger partial charge in [-0.15, -0.1) is 0 Å². The lowest BCUT2D eigenvalue weighted by atomic mass is 10.3. The monoisotopic (exact) mass is 436 g/mol. The van der Waals surface area contributed by atoms with Crippen LogP contribution in [0.1, 0.15) is 0 Å². The highest BCUT2D eigenvalue weighted by Gasteiger charge is 2.27. The molecule has 4 nitrogen and oxygen atoms in total. The predicted octanol–water partition coefficient (Wildman–Crippen LogP) is 3.76. The zero-order chi connectivity index (χ0) is 15.8. The molecule has 0 bridgehead atoms. The molecule has 0 aliphatic carbocycles. The number of sulfonamides is 1. The predicted molar refractivity (Wildman–Crippen MR) is 88.2 cm³/mol. The third kappa shape index (κ3) is 3.22. The van der Waals surface area contributed by atoms with Crippen molar-refractivity contribution < 1.29 is 12.8 Å². The summed E-state index contributed by atoms with van der Waals surface area (Å²) in [6.07, 6.45) is 0. The number of nitrogen functional groups attached to an aromatic ring is 1. The van der Waals surface area contributed by atoms with Crippen molar-refractivity contribution in [3.8, 4) is 0 Å². The van der Waals surface area contributed by atoms with Crippen molar-refractivity contribution >= 4 is 53.3 Å². The number of halogens is 3. The molecule has 0 fully saturated rings. The summed E-state index contributed by atoms with van der Waals surface area (Å²) in [5, 5.41) is 0. The van der Waals surface area contributed by atoms with E-state index in [-0.39, 0.29) is 10.6 Å². The Bertz CT molecular complexity index is 774. The molecular weight excluding hydrogens is 427 g/mol. The lowest BCUT2D eigenvalue weighted by Gasteiger charge is -2.21. The fraction of sp³-hybridized carbons (Fsp3) is 0.0769. The van der Waals surface area contributed by atoms with Gasteiger partial charge in [0.05, 0.1) is 5.69 Å². The molecule has 112 valence electrons. The highest BCUT2D eigenvalue weighted by atomic mass is 79.9. The van der Waals surface area contributed by atoms with Crippen LogP contribution < -0.4 is 10.0 Å². The molecule has 0 aliphatic rings. The third-order valence-electron chi connectivity index (χ3n) is 2.81. The summed E-state index contributed by atoms with van der Waals surface area (Å²) in [6.45, 7) is 0. The van der Waals surface area contributed by atoms with Crippen LogP contribution in [0.25, 0.3) is 0 Å². The Hall–Kier alpha value is -1.12. The van der Waals surface area contributed by atoms with Crippen LogP contribution in [0, 0.1) is 5.82 Å². The van der Waals surface area contributed by atoms with Gasteiger partial charge in [0.25, 0.3) is 10.0 Å². The first-order valence-electron chi connectivity index (χ1n) is 5.72. The second-order valence-corrected chi connectivity index (χ2v) is 7.88. The first-order valence-corrected chi connectivity index (χ1v) is 8.75. The van der Waals surface area contributed by atoms with Crippen LogP contribution in [0.4, 0.5) is 15.8 Å². The van der Waals surface area contributed by atoms with Gasteiger partial charge in [-0.3, -0.25) is 4.31 Å². The van der Waals surface area contributed by atoms with Gasteiger partial charge in [0.15, 0.2) is 0 Å². The number of nitrogens with two attached hydrogens (primary N) is 1. The summed E-state index contributed by atoms with van der Waals surface area (Å²) in [5.74, 6) is -0.509. The molecule has 2 aromatic carbocycles. The van der Waals surface area contributed by atoms with E-state index in [1.807, 2.05) is 0 Å². The van der Waals surface area contributed by atoms with Crippen LogP contribution >= 0.6 is 31.9 Å². The Balaban J connectivity index is 2.57. The van der Waals surface area contributed by atoms with E-state index in [0.29, 0.717) is 14.6 Å². The van der Waals surface area contributed by atoms with Gasteiger partial charge < -0.3 is 5.73 Å². The van der Waals surface area contributed by atoms with E-state index >= 15 is 0 Å². The molecule has 0 aliphatic heterocycles. The Morgan fingerprint density at radius 3 is 2.24 bits per heavy atom. The smallest absolute Gasteiger partial charge is 0.266 e. The van der Waals surface area contributed by atoms with Gasteiger partial charge in [-0.1, -0.05) is 6.07 Å². The second kappa shape index (κ2) is 5.94. The minimum Gasteiger partial charge on any atom is -0.399 e. The van der Waals surface area contributed by atoms with Crippen molar-refractivity contribution in [1.82, 2.24) is 0 Å². The average molecular weight is 438 g/mol. The van der Waals surface area contributed by atoms with Crippen LogP contribution in [0.15, 0.2) is 50.2 Å². The van der Waals surface area contributed by atoms with Crippen molar-refractivity contribution in [2.45, 2.75) is 4.90 Å². The van der Waals surface area contributed by atoms with Gasteiger partial charge in [0.2, 0.25) is 0 Å². The van der Waals surface area contributed by atoms with E-state index in [9.17, 15) is 12.8 Å². The summed E-state index contributed by atoms with van der Waals surface area (Å²) >= 11 is 6.40. The zero-order valence-electron chi connectivity index (χ0n) is 10.8. The lowest BCUT2D eigenvalue weighted by molar-refractivity contribution is 0.593. The summed E-state index contributed by atoms with van der Waals surface area (Å²) in [7, 11) is -2.51. The molecule has 0 heterocycles. The Labute approximate surface area is 139 Å². The van der Waals surface area contributed by atoms with E-state index in [1.54, 1.807) is 0 Å². The highest BCUT2D eigenvalue weighted by molar-refractivity contribution is 9.11. The third-order valence-corrected chi connectivity index (χ3v) is 6.47. The molecule has 0 saturated heterocycles. The van der Waals surface area contributed by atoms with Gasteiger partial charge in [-0.05, 0) is 62.2 Å². The SMILES string of the molecule is CN(c1cccc(F)c1)S(=O)(=O)c1c(Br)cc(N)cc1Br. The summed E-state index contributed by atoms with van der Waals surface area (Å²) in [5.41, 5.74) is 6.31. The van der Waals surface area contributed by atoms with Crippen LogP contribution in [0.3, 0.4) is 0 Å². The number of hydrogen-bond donors (Lipinski definition) is 1. The molecule has 2 rings (SSSR count). The van der Waals surface area contributed by atoms with E-state index in [2.05, 4.69) is 31.9 Å². The minimum atomic E-state index is -3.87. The van der Waals surface area contributed by atoms with Crippen molar-refractivity contribution in [2.75, 3.05) is 17.1 Å². The summed E-state index contributed by atoms with van der Waals surface area (Å²) in [6, 6.07) is 8.35. The van der Waals surface area contributed by atoms with E-state index in [1.165, 1.54) is 37.4 Å². The summed E-state index contributed by atoms with van der Waals surface area (Å²) < 4.78 is 40.3. The van der Waals surface area contributed by atoms with Crippen LogP contribution in [0.2, 0.25) is 0 Å². The van der Waals surface area contributed by atoms with Gasteiger partial charge in [0, 0.05) is 21.7 Å². The molecule has 2 aromatic rings.